The number of hydrogen-bond acceptors (Lipinski definition) is 1. The highest BCUT2D eigenvalue weighted by atomic mass is 15.1. The van der Waals surface area contributed by atoms with Crippen molar-refractivity contribution in [3.63, 3.8) is 0 Å². The Morgan fingerprint density at radius 2 is 1.00 bits per heavy atom. The van der Waals surface area contributed by atoms with E-state index in [9.17, 15) is 0 Å². The van der Waals surface area contributed by atoms with Gasteiger partial charge in [-0.1, -0.05) is 121 Å². The van der Waals surface area contributed by atoms with Crippen molar-refractivity contribution in [2.24, 2.45) is 0 Å². The quantitative estimate of drug-likeness (QED) is 0.203. The minimum Gasteiger partial charge on any atom is -0.297 e. The first kappa shape index (κ1) is 21.3. The summed E-state index contributed by atoms with van der Waals surface area (Å²) in [6, 6.07) is 52.2. The maximum atomic E-state index is 8.25. The topological polar surface area (TPSA) is 17.8 Å². The summed E-state index contributed by atoms with van der Waals surface area (Å²) in [5, 5.41) is 4.61. The van der Waals surface area contributed by atoms with Crippen molar-refractivity contribution < 1.29 is 4.11 Å². The third-order valence-electron chi connectivity index (χ3n) is 8.14. The number of nitrogens with zero attached hydrogens (tertiary/aromatic N) is 2. The van der Waals surface area contributed by atoms with Crippen molar-refractivity contribution in [1.29, 1.82) is 0 Å². The lowest BCUT2D eigenvalue weighted by Crippen LogP contribution is -1.97. The first-order valence-electron chi connectivity index (χ1n) is 15.7. The minimum atomic E-state index is -2.37. The standard InChI is InChI=1S/C40H28N2/c1-27-41-37-23-9-10-24-38(37)42(27)32-18-12-17-31(26-32)40-35-21-7-5-19-33(35)39(34-20-6-8-22-36(34)40)30-16-11-15-29(25-30)28-13-3-2-4-14-28/h2-26H,1H3/i1D3. The van der Waals surface area contributed by atoms with Crippen LogP contribution in [0.25, 0.3) is 71.6 Å². The molecule has 1 heterocycles. The van der Waals surface area contributed by atoms with E-state index in [1.165, 1.54) is 16.7 Å². The second kappa shape index (κ2) is 9.87. The summed E-state index contributed by atoms with van der Waals surface area (Å²) in [5.74, 6) is 0.0595. The Morgan fingerprint density at radius 3 is 1.67 bits per heavy atom. The van der Waals surface area contributed by atoms with Gasteiger partial charge in [0.1, 0.15) is 5.82 Å². The van der Waals surface area contributed by atoms with Crippen LogP contribution in [0.15, 0.2) is 152 Å². The third kappa shape index (κ3) is 3.92. The highest BCUT2D eigenvalue weighted by molar-refractivity contribution is 6.21. The minimum absolute atomic E-state index is 0.0595. The Bertz CT molecular complexity index is 2310. The van der Waals surface area contributed by atoms with Crippen molar-refractivity contribution >= 4 is 32.6 Å². The molecule has 0 radical (unpaired) electrons. The predicted molar refractivity (Wildman–Crippen MR) is 177 cm³/mol. The summed E-state index contributed by atoms with van der Waals surface area (Å²) in [4.78, 5) is 4.54. The van der Waals surface area contributed by atoms with Gasteiger partial charge in [-0.2, -0.15) is 0 Å². The molecule has 0 saturated heterocycles. The van der Waals surface area contributed by atoms with Crippen molar-refractivity contribution in [1.82, 2.24) is 9.55 Å². The van der Waals surface area contributed by atoms with Crippen molar-refractivity contribution in [3.05, 3.63) is 157 Å². The molecule has 2 heteroatoms. The second-order valence-electron chi connectivity index (χ2n) is 10.6. The molecule has 0 N–H and O–H groups in total. The van der Waals surface area contributed by atoms with Gasteiger partial charge in [0.15, 0.2) is 0 Å². The van der Waals surface area contributed by atoms with E-state index in [-0.39, 0.29) is 5.82 Å². The van der Waals surface area contributed by atoms with Gasteiger partial charge in [0.25, 0.3) is 0 Å². The molecule has 0 spiro atoms. The SMILES string of the molecule is [2H]C([2H])([2H])c1nc2ccccc2n1-c1cccc(-c2c3ccccc3c(-c3cccc(-c4ccccc4)c3)c3ccccc23)c1. The fraction of sp³-hybridized carbons (Fsp3) is 0.0250. The Labute approximate surface area is 249 Å². The fourth-order valence-electron chi connectivity index (χ4n) is 6.32. The number of rotatable bonds is 4. The maximum Gasteiger partial charge on any atom is 0.111 e. The van der Waals surface area contributed by atoms with Crippen LogP contribution >= 0.6 is 0 Å². The van der Waals surface area contributed by atoms with E-state index < -0.39 is 6.85 Å². The van der Waals surface area contributed by atoms with Crippen molar-refractivity contribution in [3.8, 4) is 39.1 Å². The smallest absolute Gasteiger partial charge is 0.111 e. The Hall–Kier alpha value is -5.47. The molecule has 0 bridgehead atoms. The van der Waals surface area contributed by atoms with Crippen LogP contribution in [0.5, 0.6) is 0 Å². The van der Waals surface area contributed by atoms with Crippen LogP contribution in [0.4, 0.5) is 0 Å². The number of imidazole rings is 1. The van der Waals surface area contributed by atoms with E-state index in [0.717, 1.165) is 49.4 Å². The number of para-hydroxylation sites is 2. The van der Waals surface area contributed by atoms with Gasteiger partial charge < -0.3 is 0 Å². The lowest BCUT2D eigenvalue weighted by Gasteiger charge is -2.19. The molecule has 0 aliphatic heterocycles. The Balaban J connectivity index is 1.39. The zero-order valence-electron chi connectivity index (χ0n) is 25.8. The zero-order valence-corrected chi connectivity index (χ0v) is 22.8. The van der Waals surface area contributed by atoms with E-state index in [2.05, 4.69) is 114 Å². The van der Waals surface area contributed by atoms with Gasteiger partial charge in [-0.05, 0) is 92.1 Å². The summed E-state index contributed by atoms with van der Waals surface area (Å²) >= 11 is 0. The van der Waals surface area contributed by atoms with E-state index in [0.29, 0.717) is 5.52 Å². The lowest BCUT2D eigenvalue weighted by molar-refractivity contribution is 1.00. The Kier molecular flexibility index (Phi) is 5.00. The van der Waals surface area contributed by atoms with Crippen molar-refractivity contribution in [2.45, 2.75) is 6.85 Å². The molecule has 8 aromatic rings. The first-order valence-corrected chi connectivity index (χ1v) is 14.2. The molecule has 8 rings (SSSR count). The van der Waals surface area contributed by atoms with Gasteiger partial charge in [0, 0.05) is 9.80 Å². The maximum absolute atomic E-state index is 8.25. The van der Waals surface area contributed by atoms with Gasteiger partial charge in [-0.15, -0.1) is 0 Å². The average molecular weight is 540 g/mol. The molecule has 0 amide bonds. The monoisotopic (exact) mass is 539 g/mol. The third-order valence-corrected chi connectivity index (χ3v) is 8.14. The number of hydrogen-bond donors (Lipinski definition) is 0. The molecule has 2 nitrogen and oxygen atoms in total. The number of benzene rings is 7. The largest absolute Gasteiger partial charge is 0.297 e. The van der Waals surface area contributed by atoms with Crippen LogP contribution < -0.4 is 0 Å². The van der Waals surface area contributed by atoms with Crippen LogP contribution in [0.3, 0.4) is 0 Å². The molecule has 1 aromatic heterocycles. The van der Waals surface area contributed by atoms with Crippen molar-refractivity contribution in [2.75, 3.05) is 0 Å². The second-order valence-corrected chi connectivity index (χ2v) is 10.6. The molecule has 0 aliphatic rings. The van der Waals surface area contributed by atoms with Gasteiger partial charge in [-0.3, -0.25) is 4.57 Å². The molecule has 42 heavy (non-hydrogen) atoms. The average Bonchev–Trinajstić information content (AvgIpc) is 3.48. The zero-order chi connectivity index (χ0) is 30.5. The summed E-state index contributed by atoms with van der Waals surface area (Å²) in [6.45, 7) is -2.37. The summed E-state index contributed by atoms with van der Waals surface area (Å²) in [7, 11) is 0. The number of fused-ring (bicyclic) bond motifs is 3. The predicted octanol–water partition coefficient (Wildman–Crippen LogP) is 10.6. The van der Waals surface area contributed by atoms with Crippen LogP contribution in [0.2, 0.25) is 0 Å². The van der Waals surface area contributed by atoms with Gasteiger partial charge in [0.05, 0.1) is 11.0 Å². The van der Waals surface area contributed by atoms with E-state index >= 15 is 0 Å². The fourth-order valence-corrected chi connectivity index (χ4v) is 6.32. The van der Waals surface area contributed by atoms with Gasteiger partial charge in [-0.25, -0.2) is 4.98 Å². The van der Waals surface area contributed by atoms with Crippen LogP contribution in [-0.4, -0.2) is 9.55 Å². The van der Waals surface area contributed by atoms with Gasteiger partial charge >= 0.3 is 0 Å². The van der Waals surface area contributed by atoms with Crippen LogP contribution in [0, 0.1) is 6.85 Å². The Morgan fingerprint density at radius 1 is 0.476 bits per heavy atom. The number of aromatic nitrogens is 2. The molecular weight excluding hydrogens is 508 g/mol. The molecule has 198 valence electrons. The number of aryl methyl sites for hydroxylation is 1. The molecule has 0 aliphatic carbocycles. The molecule has 7 aromatic carbocycles. The van der Waals surface area contributed by atoms with E-state index in [1.807, 2.05) is 42.5 Å². The normalized spacial score (nSPS) is 12.8. The van der Waals surface area contributed by atoms with Gasteiger partial charge in [0.2, 0.25) is 0 Å². The molecule has 0 atom stereocenters. The van der Waals surface area contributed by atoms with Crippen LogP contribution in [-0.2, 0) is 0 Å². The van der Waals surface area contributed by atoms with E-state index in [4.69, 9.17) is 4.11 Å². The molecular formula is C40H28N2. The summed E-state index contributed by atoms with van der Waals surface area (Å²) in [6.07, 6.45) is 0. The highest BCUT2D eigenvalue weighted by Gasteiger charge is 2.18. The molecule has 0 saturated carbocycles. The lowest BCUT2D eigenvalue weighted by atomic mass is 9.85. The van der Waals surface area contributed by atoms with Crippen LogP contribution in [0.1, 0.15) is 9.94 Å². The van der Waals surface area contributed by atoms with E-state index in [1.54, 1.807) is 4.57 Å². The summed E-state index contributed by atoms with van der Waals surface area (Å²) < 4.78 is 26.5. The molecule has 0 fully saturated rings. The highest BCUT2D eigenvalue weighted by Crippen LogP contribution is 2.44. The molecule has 0 unspecified atom stereocenters. The first-order chi connectivity index (χ1) is 22.0. The summed E-state index contributed by atoms with van der Waals surface area (Å²) in [5.41, 5.74) is 9.04.